The van der Waals surface area contributed by atoms with Crippen molar-refractivity contribution >= 4 is 13.7 Å². The van der Waals surface area contributed by atoms with Crippen molar-refractivity contribution < 1.29 is 32.9 Å². The van der Waals surface area contributed by atoms with Crippen molar-refractivity contribution in [3.05, 3.63) is 0 Å². The minimum absolute atomic E-state index is 0.0787. The summed E-state index contributed by atoms with van der Waals surface area (Å²) in [6.45, 7) is 4.92. The van der Waals surface area contributed by atoms with Crippen LogP contribution in [0.25, 0.3) is 0 Å². The fourth-order valence-corrected chi connectivity index (χ4v) is 8.02. The van der Waals surface area contributed by atoms with Crippen molar-refractivity contribution in [3.63, 3.8) is 0 Å². The van der Waals surface area contributed by atoms with Crippen LogP contribution in [0.4, 0.5) is 0 Å². The Hall–Kier alpha value is -0.500. The van der Waals surface area contributed by atoms with E-state index in [1.165, 1.54) is 173 Å². The Morgan fingerprint density at radius 2 is 0.873 bits per heavy atom. The zero-order valence-electron chi connectivity index (χ0n) is 37.4. The smallest absolute Gasteiger partial charge is 0.391 e. The summed E-state index contributed by atoms with van der Waals surface area (Å²) < 4.78 is 23.7. The number of phosphoric acid groups is 1. The molecule has 9 heteroatoms. The van der Waals surface area contributed by atoms with Crippen molar-refractivity contribution in [2.45, 2.75) is 251 Å². The lowest BCUT2D eigenvalue weighted by Gasteiger charge is -2.26. The van der Waals surface area contributed by atoms with Gasteiger partial charge in [-0.1, -0.05) is 219 Å². The van der Waals surface area contributed by atoms with Gasteiger partial charge in [0, 0.05) is 6.42 Å². The average Bonchev–Trinajstić information content (AvgIpc) is 3.13. The lowest BCUT2D eigenvalue weighted by Crippen LogP contribution is -2.46. The molecule has 1 amide bonds. The van der Waals surface area contributed by atoms with Crippen LogP contribution in [0.2, 0.25) is 0 Å². The van der Waals surface area contributed by atoms with E-state index in [1.807, 2.05) is 21.1 Å². The first-order valence-electron chi connectivity index (χ1n) is 23.9. The Bertz CT molecular complexity index is 870. The van der Waals surface area contributed by atoms with E-state index in [1.54, 1.807) is 0 Å². The van der Waals surface area contributed by atoms with E-state index in [-0.39, 0.29) is 19.1 Å². The minimum atomic E-state index is -4.31. The summed E-state index contributed by atoms with van der Waals surface area (Å²) in [7, 11) is 1.63. The Kier molecular flexibility index (Phi) is 38.6. The van der Waals surface area contributed by atoms with Crippen LogP contribution in [0.3, 0.4) is 0 Å². The normalized spacial score (nSPS) is 14.2. The number of likely N-dealkylation sites (N-methyl/N-ethyl adjacent to an activating group) is 1. The van der Waals surface area contributed by atoms with Crippen LogP contribution in [-0.4, -0.2) is 73.4 Å². The molecule has 0 aliphatic rings. The van der Waals surface area contributed by atoms with Gasteiger partial charge in [0.1, 0.15) is 13.2 Å². The Morgan fingerprint density at radius 3 is 1.22 bits per heavy atom. The number of hydrogen-bond acceptors (Lipinski definition) is 5. The first kappa shape index (κ1) is 54.5. The third-order valence-corrected chi connectivity index (χ3v) is 12.1. The van der Waals surface area contributed by atoms with Gasteiger partial charge in [-0.25, -0.2) is 4.57 Å². The monoisotopic (exact) mass is 804 g/mol. The second-order valence-corrected chi connectivity index (χ2v) is 19.3. The lowest BCUT2D eigenvalue weighted by atomic mass is 10.0. The van der Waals surface area contributed by atoms with Crippen molar-refractivity contribution in [2.75, 3.05) is 40.9 Å². The van der Waals surface area contributed by atoms with Crippen LogP contribution < -0.4 is 5.32 Å². The second-order valence-electron chi connectivity index (χ2n) is 17.9. The molecule has 0 heterocycles. The predicted molar refractivity (Wildman–Crippen MR) is 236 cm³/mol. The molecule has 0 spiro atoms. The van der Waals surface area contributed by atoms with Crippen molar-refractivity contribution in [2.24, 2.45) is 0 Å². The van der Waals surface area contributed by atoms with Crippen LogP contribution in [0, 0.1) is 0 Å². The molecule has 0 aromatic heterocycles. The number of aliphatic hydroxyl groups is 1. The first-order chi connectivity index (χ1) is 26.5. The van der Waals surface area contributed by atoms with Crippen LogP contribution in [0.5, 0.6) is 0 Å². The maximum Gasteiger partial charge on any atom is 0.472 e. The highest BCUT2D eigenvalue weighted by molar-refractivity contribution is 7.47. The summed E-state index contributed by atoms with van der Waals surface area (Å²) in [4.78, 5) is 23.2. The van der Waals surface area contributed by atoms with Gasteiger partial charge in [0.05, 0.1) is 39.9 Å². The molecule has 0 saturated heterocycles. The molecular weight excluding hydrogens is 707 g/mol. The zero-order chi connectivity index (χ0) is 40.7. The zero-order valence-corrected chi connectivity index (χ0v) is 38.3. The molecule has 330 valence electrons. The second kappa shape index (κ2) is 39.0. The number of hydrogen-bond donors (Lipinski definition) is 3. The third-order valence-electron chi connectivity index (χ3n) is 11.1. The molecule has 0 rings (SSSR count). The molecule has 0 aliphatic heterocycles. The van der Waals surface area contributed by atoms with E-state index >= 15 is 0 Å². The van der Waals surface area contributed by atoms with E-state index < -0.39 is 20.0 Å². The average molecular weight is 804 g/mol. The highest BCUT2D eigenvalue weighted by Gasteiger charge is 2.28. The van der Waals surface area contributed by atoms with Gasteiger partial charge >= 0.3 is 7.82 Å². The van der Waals surface area contributed by atoms with Crippen LogP contribution in [0.15, 0.2) is 0 Å². The van der Waals surface area contributed by atoms with E-state index in [0.29, 0.717) is 23.9 Å². The van der Waals surface area contributed by atoms with Gasteiger partial charge in [-0.15, -0.1) is 0 Å². The summed E-state index contributed by atoms with van der Waals surface area (Å²) in [5, 5.41) is 14.0. The van der Waals surface area contributed by atoms with Crippen molar-refractivity contribution in [3.8, 4) is 0 Å². The summed E-state index contributed by atoms with van der Waals surface area (Å²) in [5.41, 5.74) is 0. The predicted octanol–water partition coefficient (Wildman–Crippen LogP) is 13.4. The molecule has 0 saturated carbocycles. The Balaban J connectivity index is 4.28. The molecule has 55 heavy (non-hydrogen) atoms. The fourth-order valence-electron chi connectivity index (χ4n) is 7.28. The molecule has 0 aromatic carbocycles. The summed E-state index contributed by atoms with van der Waals surface area (Å²) in [6, 6.07) is -0.753. The van der Waals surface area contributed by atoms with Crippen LogP contribution in [0.1, 0.15) is 239 Å². The van der Waals surface area contributed by atoms with Gasteiger partial charge in [0.25, 0.3) is 0 Å². The van der Waals surface area contributed by atoms with E-state index in [2.05, 4.69) is 19.2 Å². The molecule has 0 radical (unpaired) electrons. The number of rotatable bonds is 44. The van der Waals surface area contributed by atoms with Gasteiger partial charge in [-0.3, -0.25) is 13.8 Å². The lowest BCUT2D eigenvalue weighted by molar-refractivity contribution is -0.870. The van der Waals surface area contributed by atoms with Gasteiger partial charge < -0.3 is 19.8 Å². The number of phosphoric ester groups is 1. The molecule has 0 fully saturated rings. The molecule has 0 aliphatic carbocycles. The van der Waals surface area contributed by atoms with E-state index in [0.717, 1.165) is 38.5 Å². The topological polar surface area (TPSA) is 105 Å². The van der Waals surface area contributed by atoms with Crippen LogP contribution in [-0.2, 0) is 18.4 Å². The quantitative estimate of drug-likeness (QED) is 0.0322. The van der Waals surface area contributed by atoms with E-state index in [9.17, 15) is 19.4 Å². The minimum Gasteiger partial charge on any atom is -0.391 e. The molecule has 0 bridgehead atoms. The SMILES string of the molecule is CCCCCCCCCCCCCCCCCCCCC(O)C(COP(=O)(O)OCC[N+](C)(C)C)NC(=O)CCCCCCCCCCCCCCCCC. The number of carbonyl (C=O) groups is 1. The standard InChI is InChI=1S/C46H95N2O6P/c1-6-8-10-12-14-16-18-20-22-23-24-26-27-29-31-33-35-37-39-45(49)44(43-54-55(51,52)53-42-41-48(3,4)5)47-46(50)40-38-36-34-32-30-28-25-21-19-17-15-13-11-9-7-2/h44-45,49H,6-43H2,1-5H3,(H-,47,50,51,52)/p+1. The van der Waals surface area contributed by atoms with Gasteiger partial charge in [-0.2, -0.15) is 0 Å². The highest BCUT2D eigenvalue weighted by atomic mass is 31.2. The van der Waals surface area contributed by atoms with Gasteiger partial charge in [0.15, 0.2) is 0 Å². The van der Waals surface area contributed by atoms with Gasteiger partial charge in [-0.05, 0) is 12.8 Å². The number of nitrogens with zero attached hydrogens (tertiary/aromatic N) is 1. The number of unbranched alkanes of at least 4 members (excludes halogenated alkanes) is 31. The molecule has 8 nitrogen and oxygen atoms in total. The number of quaternary nitrogens is 1. The van der Waals surface area contributed by atoms with Crippen LogP contribution >= 0.6 is 7.82 Å². The summed E-state index contributed by atoms with van der Waals surface area (Å²) in [6.07, 6.45) is 42.7. The molecule has 0 aromatic rings. The maximum absolute atomic E-state index is 12.9. The van der Waals surface area contributed by atoms with Crippen molar-refractivity contribution in [1.29, 1.82) is 0 Å². The molecular formula is C46H96N2O6P+. The van der Waals surface area contributed by atoms with Crippen molar-refractivity contribution in [1.82, 2.24) is 5.32 Å². The largest absolute Gasteiger partial charge is 0.472 e. The highest BCUT2D eigenvalue weighted by Crippen LogP contribution is 2.43. The first-order valence-corrected chi connectivity index (χ1v) is 25.4. The number of carbonyl (C=O) groups excluding carboxylic acids is 1. The number of aliphatic hydroxyl groups excluding tert-OH is 1. The summed E-state index contributed by atoms with van der Waals surface area (Å²) in [5.74, 6) is -0.140. The number of amides is 1. The number of nitrogens with one attached hydrogen (secondary N) is 1. The molecule has 3 N–H and O–H groups in total. The Labute approximate surface area is 342 Å². The molecule has 3 atom stereocenters. The van der Waals surface area contributed by atoms with Gasteiger partial charge in [0.2, 0.25) is 5.91 Å². The third kappa shape index (κ3) is 41.5. The Morgan fingerprint density at radius 1 is 0.545 bits per heavy atom. The summed E-state index contributed by atoms with van der Waals surface area (Å²) >= 11 is 0. The fraction of sp³-hybridized carbons (Fsp3) is 0.978. The van der Waals surface area contributed by atoms with E-state index in [4.69, 9.17) is 9.05 Å². The maximum atomic E-state index is 12.9. The molecule has 3 unspecified atom stereocenters.